The standard InChI is InChI=1S/C11H7F3N2O4/c1-15-16-3-6(20-11(18)19)10(17)4-2-5(12)7(13)8(14)9(4)16/h2-3,15H,1H3,(H,18,19). The van der Waals surface area contributed by atoms with E-state index in [-0.39, 0.29) is 0 Å². The van der Waals surface area contributed by atoms with Crippen molar-refractivity contribution in [2.24, 2.45) is 0 Å². The molecule has 2 aromatic rings. The van der Waals surface area contributed by atoms with Gasteiger partial charge in [0.1, 0.15) is 5.52 Å². The van der Waals surface area contributed by atoms with E-state index in [9.17, 15) is 22.8 Å². The van der Waals surface area contributed by atoms with Crippen molar-refractivity contribution < 1.29 is 27.8 Å². The Morgan fingerprint density at radius 1 is 1.35 bits per heavy atom. The van der Waals surface area contributed by atoms with Crippen LogP contribution in [0.5, 0.6) is 5.75 Å². The third kappa shape index (κ3) is 2.02. The molecule has 0 saturated carbocycles. The van der Waals surface area contributed by atoms with Gasteiger partial charge in [-0.3, -0.25) is 9.47 Å². The van der Waals surface area contributed by atoms with Crippen LogP contribution in [0.15, 0.2) is 17.1 Å². The van der Waals surface area contributed by atoms with E-state index >= 15 is 0 Å². The molecule has 106 valence electrons. The minimum absolute atomic E-state index is 0.471. The highest BCUT2D eigenvalue weighted by Crippen LogP contribution is 2.22. The number of ether oxygens (including phenoxy) is 1. The van der Waals surface area contributed by atoms with Crippen LogP contribution < -0.4 is 15.6 Å². The van der Waals surface area contributed by atoms with Gasteiger partial charge in [0, 0.05) is 7.05 Å². The largest absolute Gasteiger partial charge is 0.511 e. The summed E-state index contributed by atoms with van der Waals surface area (Å²) in [6.07, 6.45) is -0.952. The summed E-state index contributed by atoms with van der Waals surface area (Å²) in [5.41, 5.74) is 0.736. The molecule has 0 amide bonds. The van der Waals surface area contributed by atoms with Gasteiger partial charge in [0.05, 0.1) is 11.6 Å². The quantitative estimate of drug-likeness (QED) is 0.648. The van der Waals surface area contributed by atoms with Crippen LogP contribution in [-0.2, 0) is 0 Å². The van der Waals surface area contributed by atoms with Crippen molar-refractivity contribution in [1.82, 2.24) is 4.68 Å². The van der Waals surface area contributed by atoms with Crippen molar-refractivity contribution in [3.63, 3.8) is 0 Å². The van der Waals surface area contributed by atoms with Gasteiger partial charge in [-0.05, 0) is 6.07 Å². The van der Waals surface area contributed by atoms with Crippen LogP contribution in [0.4, 0.5) is 18.0 Å². The fourth-order valence-electron chi connectivity index (χ4n) is 1.71. The number of benzene rings is 1. The molecule has 0 unspecified atom stereocenters. The minimum atomic E-state index is -1.77. The number of hydrogen-bond acceptors (Lipinski definition) is 4. The Labute approximate surface area is 109 Å². The summed E-state index contributed by atoms with van der Waals surface area (Å²) in [6.45, 7) is 0. The molecular weight excluding hydrogens is 281 g/mol. The van der Waals surface area contributed by atoms with Gasteiger partial charge in [0.15, 0.2) is 17.5 Å². The number of nitrogens with zero attached hydrogens (tertiary/aromatic N) is 1. The van der Waals surface area contributed by atoms with Crippen LogP contribution in [0.25, 0.3) is 10.9 Å². The van der Waals surface area contributed by atoms with Gasteiger partial charge in [-0.25, -0.2) is 18.0 Å². The molecule has 6 nitrogen and oxygen atoms in total. The normalized spacial score (nSPS) is 10.6. The van der Waals surface area contributed by atoms with Crippen LogP contribution >= 0.6 is 0 Å². The average molecular weight is 288 g/mol. The maximum Gasteiger partial charge on any atom is 0.511 e. The molecule has 0 aliphatic heterocycles. The molecule has 9 heteroatoms. The Hall–Kier alpha value is -2.71. The van der Waals surface area contributed by atoms with Gasteiger partial charge in [-0.1, -0.05) is 0 Å². The number of pyridine rings is 1. The molecule has 0 saturated heterocycles. The monoisotopic (exact) mass is 288 g/mol. The zero-order valence-corrected chi connectivity index (χ0v) is 9.91. The molecule has 0 atom stereocenters. The van der Waals surface area contributed by atoms with E-state index in [2.05, 4.69) is 10.2 Å². The number of carbonyl (C=O) groups is 1. The number of aromatic nitrogens is 1. The molecule has 0 aliphatic rings. The molecule has 0 fully saturated rings. The first-order valence-electron chi connectivity index (χ1n) is 5.18. The summed E-state index contributed by atoms with van der Waals surface area (Å²) < 4.78 is 45.1. The highest BCUT2D eigenvalue weighted by atomic mass is 19.2. The lowest BCUT2D eigenvalue weighted by atomic mass is 10.2. The first-order valence-corrected chi connectivity index (χ1v) is 5.18. The SMILES string of the molecule is CNn1cc(OC(=O)O)c(=O)c2cc(F)c(F)c(F)c21. The average Bonchev–Trinajstić information content (AvgIpc) is 2.39. The number of hydrogen-bond donors (Lipinski definition) is 2. The Morgan fingerprint density at radius 2 is 2.00 bits per heavy atom. The maximum absolute atomic E-state index is 13.7. The number of fused-ring (bicyclic) bond motifs is 1. The van der Waals surface area contributed by atoms with E-state index in [0.717, 1.165) is 10.9 Å². The lowest BCUT2D eigenvalue weighted by Crippen LogP contribution is -2.21. The second-order valence-electron chi connectivity index (χ2n) is 3.67. The van der Waals surface area contributed by atoms with E-state index in [1.807, 2.05) is 0 Å². The second-order valence-corrected chi connectivity index (χ2v) is 3.67. The topological polar surface area (TPSA) is 80.6 Å². The van der Waals surface area contributed by atoms with Crippen molar-refractivity contribution in [1.29, 1.82) is 0 Å². The third-order valence-corrected chi connectivity index (χ3v) is 2.53. The van der Waals surface area contributed by atoms with Gasteiger partial charge in [0.25, 0.3) is 0 Å². The number of halogens is 3. The van der Waals surface area contributed by atoms with Crippen LogP contribution in [0.2, 0.25) is 0 Å². The summed E-state index contributed by atoms with van der Waals surface area (Å²) in [5, 5.41) is 7.92. The predicted molar refractivity (Wildman–Crippen MR) is 62.0 cm³/mol. The zero-order chi connectivity index (χ0) is 15.0. The van der Waals surface area contributed by atoms with Crippen molar-refractivity contribution >= 4 is 17.1 Å². The summed E-state index contributed by atoms with van der Waals surface area (Å²) in [6, 6.07) is 0.471. The van der Waals surface area contributed by atoms with E-state index < -0.39 is 45.7 Å². The first-order chi connectivity index (χ1) is 9.36. The van der Waals surface area contributed by atoms with Crippen LogP contribution in [0.1, 0.15) is 0 Å². The van der Waals surface area contributed by atoms with Crippen molar-refractivity contribution in [2.45, 2.75) is 0 Å². The van der Waals surface area contributed by atoms with E-state index in [0.29, 0.717) is 6.07 Å². The summed E-state index contributed by atoms with van der Waals surface area (Å²) in [7, 11) is 1.30. The molecule has 2 rings (SSSR count). The maximum atomic E-state index is 13.7. The molecular formula is C11H7F3N2O4. The molecule has 20 heavy (non-hydrogen) atoms. The highest BCUT2D eigenvalue weighted by Gasteiger charge is 2.21. The fourth-order valence-corrected chi connectivity index (χ4v) is 1.71. The second kappa shape index (κ2) is 4.76. The molecule has 0 spiro atoms. The third-order valence-electron chi connectivity index (χ3n) is 2.53. The number of rotatable bonds is 2. The first kappa shape index (κ1) is 13.7. The molecule has 2 N–H and O–H groups in total. The van der Waals surface area contributed by atoms with E-state index in [4.69, 9.17) is 5.11 Å². The number of nitrogens with one attached hydrogen (secondary N) is 1. The van der Waals surface area contributed by atoms with Crippen LogP contribution in [0.3, 0.4) is 0 Å². The smallest absolute Gasteiger partial charge is 0.449 e. The number of carboxylic acid groups (broad SMARTS) is 1. The van der Waals surface area contributed by atoms with E-state index in [1.54, 1.807) is 0 Å². The van der Waals surface area contributed by atoms with Crippen LogP contribution in [0, 0.1) is 17.5 Å². The minimum Gasteiger partial charge on any atom is -0.449 e. The lowest BCUT2D eigenvalue weighted by molar-refractivity contribution is 0.144. The fraction of sp³-hybridized carbons (Fsp3) is 0.0909. The summed E-state index contributed by atoms with van der Waals surface area (Å²) in [4.78, 5) is 22.3. The summed E-state index contributed by atoms with van der Waals surface area (Å²) in [5.74, 6) is -5.56. The molecule has 0 bridgehead atoms. The van der Waals surface area contributed by atoms with Gasteiger partial charge in [-0.2, -0.15) is 0 Å². The summed E-state index contributed by atoms with van der Waals surface area (Å²) >= 11 is 0. The van der Waals surface area contributed by atoms with Crippen molar-refractivity contribution in [3.8, 4) is 5.75 Å². The Bertz CT molecular complexity index is 773. The van der Waals surface area contributed by atoms with Gasteiger partial charge < -0.3 is 15.3 Å². The predicted octanol–water partition coefficient (Wildman–Crippen LogP) is 1.65. The molecule has 1 aromatic carbocycles. The van der Waals surface area contributed by atoms with Gasteiger partial charge in [-0.15, -0.1) is 0 Å². The van der Waals surface area contributed by atoms with Crippen molar-refractivity contribution in [2.75, 3.05) is 12.5 Å². The van der Waals surface area contributed by atoms with Crippen molar-refractivity contribution in [3.05, 3.63) is 39.9 Å². The molecule has 1 aromatic heterocycles. The molecule has 0 radical (unpaired) electrons. The Balaban J connectivity index is 2.93. The van der Waals surface area contributed by atoms with Crippen LogP contribution in [-0.4, -0.2) is 23.0 Å². The Kier molecular flexibility index (Phi) is 3.26. The molecule has 0 aliphatic carbocycles. The Morgan fingerprint density at radius 3 is 2.55 bits per heavy atom. The van der Waals surface area contributed by atoms with E-state index in [1.165, 1.54) is 7.05 Å². The lowest BCUT2D eigenvalue weighted by Gasteiger charge is -2.13. The zero-order valence-electron chi connectivity index (χ0n) is 9.91. The highest BCUT2D eigenvalue weighted by molar-refractivity contribution is 5.82. The molecule has 1 heterocycles. The van der Waals surface area contributed by atoms with Gasteiger partial charge in [0.2, 0.25) is 11.2 Å². The van der Waals surface area contributed by atoms with Gasteiger partial charge >= 0.3 is 6.16 Å².